The fourth-order valence-corrected chi connectivity index (χ4v) is 2.08. The molecule has 0 fully saturated rings. The van der Waals surface area contributed by atoms with Gasteiger partial charge in [0.05, 0.1) is 31.9 Å². The molecule has 0 amide bonds. The number of hydrogen-bond acceptors (Lipinski definition) is 6. The summed E-state index contributed by atoms with van der Waals surface area (Å²) in [7, 11) is 0. The van der Waals surface area contributed by atoms with Crippen molar-refractivity contribution >= 4 is 0 Å². The van der Waals surface area contributed by atoms with Crippen molar-refractivity contribution in [3.05, 3.63) is 11.6 Å². The highest BCUT2D eigenvalue weighted by Gasteiger charge is 2.28. The summed E-state index contributed by atoms with van der Waals surface area (Å²) < 4.78 is 2.06. The van der Waals surface area contributed by atoms with Gasteiger partial charge in [-0.3, -0.25) is 5.32 Å². The van der Waals surface area contributed by atoms with Crippen LogP contribution in [0, 0.1) is 0 Å². The van der Waals surface area contributed by atoms with E-state index in [0.717, 1.165) is 37.5 Å². The van der Waals surface area contributed by atoms with Crippen LogP contribution in [0.3, 0.4) is 0 Å². The molecule has 1 aromatic heterocycles. The Morgan fingerprint density at radius 3 is 2.50 bits per heavy atom. The SMILES string of the molecule is OCC(CO)(CO)NCc1nnc2n1CCCC2. The molecule has 1 aliphatic heterocycles. The number of nitrogens with one attached hydrogen (secondary N) is 1. The van der Waals surface area contributed by atoms with E-state index in [1.54, 1.807) is 0 Å². The van der Waals surface area contributed by atoms with Crippen LogP contribution in [0.1, 0.15) is 24.5 Å². The molecule has 0 bridgehead atoms. The minimum atomic E-state index is -1.07. The molecule has 0 aliphatic carbocycles. The Kier molecular flexibility index (Phi) is 4.28. The first-order chi connectivity index (χ1) is 8.74. The molecule has 7 heteroatoms. The van der Waals surface area contributed by atoms with Crippen molar-refractivity contribution in [2.75, 3.05) is 19.8 Å². The molecule has 1 aromatic rings. The van der Waals surface area contributed by atoms with Crippen LogP contribution in [0.5, 0.6) is 0 Å². The van der Waals surface area contributed by atoms with Crippen LogP contribution in [-0.2, 0) is 19.5 Å². The third-order valence-electron chi connectivity index (χ3n) is 3.47. The van der Waals surface area contributed by atoms with Gasteiger partial charge in [0, 0.05) is 13.0 Å². The second-order valence-corrected chi connectivity index (χ2v) is 4.75. The van der Waals surface area contributed by atoms with Gasteiger partial charge in [-0.2, -0.15) is 0 Å². The zero-order valence-electron chi connectivity index (χ0n) is 10.3. The number of rotatable bonds is 6. The number of aliphatic hydroxyl groups is 3. The number of fused-ring (bicyclic) bond motifs is 1. The van der Waals surface area contributed by atoms with Crippen molar-refractivity contribution in [2.45, 2.75) is 37.9 Å². The van der Waals surface area contributed by atoms with Gasteiger partial charge in [0.2, 0.25) is 0 Å². The van der Waals surface area contributed by atoms with Gasteiger partial charge < -0.3 is 19.9 Å². The Bertz CT molecular complexity index is 381. The molecule has 0 atom stereocenters. The molecule has 0 radical (unpaired) electrons. The molecule has 0 saturated heterocycles. The minimum absolute atomic E-state index is 0.332. The molecule has 7 nitrogen and oxygen atoms in total. The number of aryl methyl sites for hydroxylation is 1. The van der Waals surface area contributed by atoms with Crippen molar-refractivity contribution in [3.8, 4) is 0 Å². The fourth-order valence-electron chi connectivity index (χ4n) is 2.08. The van der Waals surface area contributed by atoms with Crippen LogP contribution in [0.25, 0.3) is 0 Å². The lowest BCUT2D eigenvalue weighted by atomic mass is 10.0. The topological polar surface area (TPSA) is 103 Å². The van der Waals surface area contributed by atoms with E-state index in [9.17, 15) is 15.3 Å². The average molecular weight is 256 g/mol. The summed E-state index contributed by atoms with van der Waals surface area (Å²) >= 11 is 0. The van der Waals surface area contributed by atoms with Gasteiger partial charge in [0.1, 0.15) is 11.6 Å². The number of nitrogens with zero attached hydrogens (tertiary/aromatic N) is 3. The van der Waals surface area contributed by atoms with E-state index >= 15 is 0 Å². The van der Waals surface area contributed by atoms with Crippen LogP contribution in [0.15, 0.2) is 0 Å². The lowest BCUT2D eigenvalue weighted by Crippen LogP contribution is -2.54. The van der Waals surface area contributed by atoms with Gasteiger partial charge in [-0.15, -0.1) is 10.2 Å². The highest BCUT2D eigenvalue weighted by Crippen LogP contribution is 2.14. The fraction of sp³-hybridized carbons (Fsp3) is 0.818. The first-order valence-electron chi connectivity index (χ1n) is 6.23. The second kappa shape index (κ2) is 5.75. The Morgan fingerprint density at radius 1 is 1.11 bits per heavy atom. The Balaban J connectivity index is 2.03. The lowest BCUT2D eigenvalue weighted by Gasteiger charge is -2.28. The summed E-state index contributed by atoms with van der Waals surface area (Å²) in [6.07, 6.45) is 3.20. The molecule has 4 N–H and O–H groups in total. The summed E-state index contributed by atoms with van der Waals surface area (Å²) in [5, 5.41) is 38.8. The maximum Gasteiger partial charge on any atom is 0.147 e. The smallest absolute Gasteiger partial charge is 0.147 e. The van der Waals surface area contributed by atoms with Crippen molar-refractivity contribution in [1.29, 1.82) is 0 Å². The van der Waals surface area contributed by atoms with E-state index in [1.807, 2.05) is 0 Å². The van der Waals surface area contributed by atoms with Gasteiger partial charge in [0.25, 0.3) is 0 Å². The molecule has 2 heterocycles. The molecule has 0 spiro atoms. The van der Waals surface area contributed by atoms with Crippen molar-refractivity contribution in [2.24, 2.45) is 0 Å². The van der Waals surface area contributed by atoms with Crippen LogP contribution < -0.4 is 5.32 Å². The van der Waals surface area contributed by atoms with Gasteiger partial charge >= 0.3 is 0 Å². The standard InChI is InChI=1S/C11H20N4O3/c16-6-11(7-17,8-18)12-5-10-14-13-9-3-1-2-4-15(9)10/h12,16-18H,1-8H2. The van der Waals surface area contributed by atoms with E-state index in [0.29, 0.717) is 6.54 Å². The first-order valence-corrected chi connectivity index (χ1v) is 6.23. The van der Waals surface area contributed by atoms with E-state index in [4.69, 9.17) is 0 Å². The van der Waals surface area contributed by atoms with Gasteiger partial charge in [-0.25, -0.2) is 0 Å². The molecule has 0 unspecified atom stereocenters. The predicted octanol–water partition coefficient (Wildman–Crippen LogP) is -1.58. The quantitative estimate of drug-likeness (QED) is 0.490. The Morgan fingerprint density at radius 2 is 1.83 bits per heavy atom. The molecule has 1 aliphatic rings. The third-order valence-corrected chi connectivity index (χ3v) is 3.47. The van der Waals surface area contributed by atoms with Crippen LogP contribution in [0.4, 0.5) is 0 Å². The number of hydrogen-bond donors (Lipinski definition) is 4. The van der Waals surface area contributed by atoms with E-state index in [1.165, 1.54) is 0 Å². The number of aliphatic hydroxyl groups excluding tert-OH is 3. The average Bonchev–Trinajstić information content (AvgIpc) is 2.85. The zero-order valence-corrected chi connectivity index (χ0v) is 10.3. The minimum Gasteiger partial charge on any atom is -0.394 e. The monoisotopic (exact) mass is 256 g/mol. The molecule has 2 rings (SSSR count). The Hall–Kier alpha value is -1.02. The van der Waals surface area contributed by atoms with E-state index < -0.39 is 5.54 Å². The van der Waals surface area contributed by atoms with Gasteiger partial charge in [0.15, 0.2) is 0 Å². The maximum atomic E-state index is 9.22. The van der Waals surface area contributed by atoms with Gasteiger partial charge in [-0.1, -0.05) is 0 Å². The normalized spacial score (nSPS) is 15.7. The lowest BCUT2D eigenvalue weighted by molar-refractivity contribution is 0.0406. The highest BCUT2D eigenvalue weighted by atomic mass is 16.3. The largest absolute Gasteiger partial charge is 0.394 e. The van der Waals surface area contributed by atoms with Crippen molar-refractivity contribution in [3.63, 3.8) is 0 Å². The van der Waals surface area contributed by atoms with Crippen molar-refractivity contribution < 1.29 is 15.3 Å². The van der Waals surface area contributed by atoms with Crippen LogP contribution in [0.2, 0.25) is 0 Å². The first kappa shape index (κ1) is 13.4. The van der Waals surface area contributed by atoms with Crippen LogP contribution in [-0.4, -0.2) is 55.4 Å². The van der Waals surface area contributed by atoms with Crippen molar-refractivity contribution in [1.82, 2.24) is 20.1 Å². The summed E-state index contributed by atoms with van der Waals surface area (Å²) in [5.74, 6) is 1.77. The predicted molar refractivity (Wildman–Crippen MR) is 63.8 cm³/mol. The number of aromatic nitrogens is 3. The zero-order chi connectivity index (χ0) is 13.0. The van der Waals surface area contributed by atoms with E-state index in [2.05, 4.69) is 20.1 Å². The summed E-state index contributed by atoms with van der Waals surface area (Å²) in [4.78, 5) is 0. The molecule has 0 aromatic carbocycles. The third kappa shape index (κ3) is 2.54. The second-order valence-electron chi connectivity index (χ2n) is 4.75. The molecule has 0 saturated carbocycles. The summed E-state index contributed by atoms with van der Waals surface area (Å²) in [6, 6.07) is 0. The molecule has 18 heavy (non-hydrogen) atoms. The Labute approximate surface area is 105 Å². The van der Waals surface area contributed by atoms with E-state index in [-0.39, 0.29) is 19.8 Å². The molecule has 102 valence electrons. The summed E-state index contributed by atoms with van der Waals surface area (Å²) in [6.45, 7) is 0.279. The summed E-state index contributed by atoms with van der Waals surface area (Å²) in [5.41, 5.74) is -1.07. The highest BCUT2D eigenvalue weighted by molar-refractivity contribution is 5.00. The maximum absolute atomic E-state index is 9.22. The molecular formula is C11H20N4O3. The van der Waals surface area contributed by atoms with Gasteiger partial charge in [-0.05, 0) is 12.8 Å². The molecular weight excluding hydrogens is 236 g/mol. The van der Waals surface area contributed by atoms with Crippen LogP contribution >= 0.6 is 0 Å².